The third-order valence-electron chi connectivity index (χ3n) is 13.4. The summed E-state index contributed by atoms with van der Waals surface area (Å²) in [5, 5.41) is 0. The van der Waals surface area contributed by atoms with Crippen LogP contribution in [0.15, 0.2) is 237 Å². The Kier molecular flexibility index (Phi) is 8.13. The molecule has 0 radical (unpaired) electrons. The summed E-state index contributed by atoms with van der Waals surface area (Å²) in [7, 11) is 0. The van der Waals surface area contributed by atoms with Gasteiger partial charge in [-0.3, -0.25) is 0 Å². The molecule has 64 heavy (non-hydrogen) atoms. The van der Waals surface area contributed by atoms with Crippen LogP contribution in [-0.2, 0) is 5.41 Å². The Bertz CT molecular complexity index is 3370. The van der Waals surface area contributed by atoms with Crippen LogP contribution in [0.3, 0.4) is 0 Å². The molecule has 13 rings (SSSR count). The first kappa shape index (κ1) is 36.3. The first-order valence-electron chi connectivity index (χ1n) is 21.9. The van der Waals surface area contributed by atoms with E-state index in [1.165, 1.54) is 55.6 Å². The lowest BCUT2D eigenvalue weighted by Crippen LogP contribution is -2.25. The second-order valence-electron chi connectivity index (χ2n) is 16.8. The van der Waals surface area contributed by atoms with Crippen LogP contribution in [-0.4, -0.2) is 0 Å². The lowest BCUT2D eigenvalue weighted by Gasteiger charge is -2.31. The Morgan fingerprint density at radius 3 is 1.31 bits per heavy atom. The minimum Gasteiger partial charge on any atom is -0.449 e. The van der Waals surface area contributed by atoms with E-state index in [0.717, 1.165) is 62.3 Å². The lowest BCUT2D eigenvalue weighted by atomic mass is 9.70. The molecule has 0 bridgehead atoms. The second-order valence-corrected chi connectivity index (χ2v) is 16.8. The normalized spacial score (nSPS) is 13.1. The molecule has 1 spiro atoms. The fourth-order valence-corrected chi connectivity index (χ4v) is 10.5. The maximum absolute atomic E-state index is 6.85. The molecule has 0 amide bonds. The Balaban J connectivity index is 0.898. The number of fused-ring (bicyclic) bond motifs is 13. The SMILES string of the molecule is c1ccc(-c2ccc(-c3ccc(N(c4ccccc4)c4ccc(-c5ccc6c(c5)-c5c(ccc7c5Oc5ccccc5O7)C65c6ccccc6-c6ccccc65)cc4)cc3)cc2)cc1. The third-order valence-corrected chi connectivity index (χ3v) is 13.4. The van der Waals surface area contributed by atoms with Crippen molar-refractivity contribution >= 4 is 17.1 Å². The fraction of sp³-hybridized carbons (Fsp3) is 0.0164. The largest absolute Gasteiger partial charge is 0.449 e. The number of anilines is 3. The van der Waals surface area contributed by atoms with E-state index < -0.39 is 5.41 Å². The van der Waals surface area contributed by atoms with Gasteiger partial charge in [0.2, 0.25) is 0 Å². The standard InChI is InChI=1S/C61H39NO2/c1-3-13-40(14-4-1)41-23-25-42(26-24-41)43-27-32-47(33-28-43)62(46-15-5-2-6-16-46)48-34-29-44(30-35-48)45-31-36-54-51(39-45)59-55(37-38-58-60(59)64-57-22-12-11-21-56(57)63-58)61(54)52-19-9-7-17-49(52)50-18-8-10-20-53(50)61/h1-39H. The fourth-order valence-electron chi connectivity index (χ4n) is 10.5. The minimum absolute atomic E-state index is 0.507. The van der Waals surface area contributed by atoms with Gasteiger partial charge in [0.1, 0.15) is 0 Å². The molecule has 10 aromatic carbocycles. The Labute approximate surface area is 372 Å². The quantitative estimate of drug-likeness (QED) is 0.167. The molecule has 0 saturated heterocycles. The summed E-state index contributed by atoms with van der Waals surface area (Å²) in [5.41, 5.74) is 19.7. The van der Waals surface area contributed by atoms with E-state index >= 15 is 0 Å². The number of ether oxygens (including phenoxy) is 2. The molecule has 0 atom stereocenters. The summed E-state index contributed by atoms with van der Waals surface area (Å²) >= 11 is 0. The second kappa shape index (κ2) is 14.3. The molecule has 3 nitrogen and oxygen atoms in total. The highest BCUT2D eigenvalue weighted by Crippen LogP contribution is 2.66. The van der Waals surface area contributed by atoms with Crippen molar-refractivity contribution in [3.8, 4) is 78.6 Å². The summed E-state index contributed by atoms with van der Waals surface area (Å²) < 4.78 is 13.4. The zero-order valence-corrected chi connectivity index (χ0v) is 34.8. The minimum atomic E-state index is -0.507. The Hall–Kier alpha value is -8.40. The summed E-state index contributed by atoms with van der Waals surface area (Å²) in [6.45, 7) is 0. The summed E-state index contributed by atoms with van der Waals surface area (Å²) in [6, 6.07) is 84.9. The molecule has 0 fully saturated rings. The number of hydrogen-bond acceptors (Lipinski definition) is 3. The Morgan fingerprint density at radius 1 is 0.281 bits per heavy atom. The summed E-state index contributed by atoms with van der Waals surface area (Å²) in [4.78, 5) is 2.32. The Morgan fingerprint density at radius 2 is 0.703 bits per heavy atom. The monoisotopic (exact) mass is 817 g/mol. The van der Waals surface area contributed by atoms with Gasteiger partial charge < -0.3 is 14.4 Å². The van der Waals surface area contributed by atoms with Gasteiger partial charge in [0.15, 0.2) is 23.0 Å². The summed E-state index contributed by atoms with van der Waals surface area (Å²) in [6.07, 6.45) is 0. The number of para-hydroxylation sites is 3. The van der Waals surface area contributed by atoms with Crippen LogP contribution in [0.2, 0.25) is 0 Å². The third kappa shape index (κ3) is 5.47. The molecule has 0 N–H and O–H groups in total. The van der Waals surface area contributed by atoms with Gasteiger partial charge in [-0.1, -0.05) is 176 Å². The molecular formula is C61H39NO2. The van der Waals surface area contributed by atoms with Crippen molar-refractivity contribution in [2.75, 3.05) is 4.90 Å². The predicted molar refractivity (Wildman–Crippen MR) is 260 cm³/mol. The van der Waals surface area contributed by atoms with E-state index in [1.807, 2.05) is 24.3 Å². The van der Waals surface area contributed by atoms with Gasteiger partial charge in [0.05, 0.1) is 5.41 Å². The van der Waals surface area contributed by atoms with Gasteiger partial charge in [-0.25, -0.2) is 0 Å². The highest BCUT2D eigenvalue weighted by Gasteiger charge is 2.53. The first-order valence-corrected chi connectivity index (χ1v) is 21.9. The van der Waals surface area contributed by atoms with Crippen molar-refractivity contribution in [3.05, 3.63) is 259 Å². The van der Waals surface area contributed by atoms with E-state index in [1.54, 1.807) is 0 Å². The molecular weight excluding hydrogens is 779 g/mol. The topological polar surface area (TPSA) is 21.7 Å². The van der Waals surface area contributed by atoms with Crippen LogP contribution in [0.1, 0.15) is 22.3 Å². The van der Waals surface area contributed by atoms with Gasteiger partial charge in [-0.2, -0.15) is 0 Å². The molecule has 0 aromatic heterocycles. The van der Waals surface area contributed by atoms with E-state index in [0.29, 0.717) is 0 Å². The number of rotatable bonds is 6. The van der Waals surface area contributed by atoms with E-state index in [2.05, 4.69) is 217 Å². The smallest absolute Gasteiger partial charge is 0.178 e. The molecule has 10 aromatic rings. The van der Waals surface area contributed by atoms with Crippen LogP contribution < -0.4 is 14.4 Å². The zero-order valence-electron chi connectivity index (χ0n) is 34.8. The van der Waals surface area contributed by atoms with Crippen molar-refractivity contribution < 1.29 is 9.47 Å². The summed E-state index contributed by atoms with van der Waals surface area (Å²) in [5.74, 6) is 2.93. The predicted octanol–water partition coefficient (Wildman–Crippen LogP) is 16.4. The molecule has 0 saturated carbocycles. The van der Waals surface area contributed by atoms with Crippen molar-refractivity contribution in [2.45, 2.75) is 5.41 Å². The van der Waals surface area contributed by atoms with Crippen molar-refractivity contribution in [3.63, 3.8) is 0 Å². The molecule has 1 heterocycles. The van der Waals surface area contributed by atoms with Crippen molar-refractivity contribution in [1.82, 2.24) is 0 Å². The molecule has 2 aliphatic carbocycles. The van der Waals surface area contributed by atoms with E-state index in [9.17, 15) is 0 Å². The van der Waals surface area contributed by atoms with Crippen molar-refractivity contribution in [2.24, 2.45) is 0 Å². The van der Waals surface area contributed by atoms with Crippen LogP contribution in [0.25, 0.3) is 55.6 Å². The number of benzene rings is 10. The highest BCUT2D eigenvalue weighted by molar-refractivity contribution is 5.99. The average Bonchev–Trinajstić information content (AvgIpc) is 3.84. The van der Waals surface area contributed by atoms with Crippen LogP contribution in [0, 0.1) is 0 Å². The van der Waals surface area contributed by atoms with Crippen LogP contribution in [0.5, 0.6) is 23.0 Å². The molecule has 300 valence electrons. The first-order chi connectivity index (χ1) is 31.7. The molecule has 0 unspecified atom stereocenters. The lowest BCUT2D eigenvalue weighted by molar-refractivity contribution is 0.360. The van der Waals surface area contributed by atoms with Gasteiger partial charge >= 0.3 is 0 Å². The zero-order chi connectivity index (χ0) is 42.2. The maximum atomic E-state index is 6.85. The van der Waals surface area contributed by atoms with Gasteiger partial charge in [0, 0.05) is 22.6 Å². The van der Waals surface area contributed by atoms with Gasteiger partial charge in [0.25, 0.3) is 0 Å². The maximum Gasteiger partial charge on any atom is 0.178 e. The highest BCUT2D eigenvalue weighted by atomic mass is 16.6. The van der Waals surface area contributed by atoms with E-state index in [-0.39, 0.29) is 0 Å². The average molecular weight is 818 g/mol. The number of nitrogens with zero attached hydrogens (tertiary/aromatic N) is 1. The van der Waals surface area contributed by atoms with Crippen LogP contribution >= 0.6 is 0 Å². The van der Waals surface area contributed by atoms with Gasteiger partial charge in [-0.15, -0.1) is 0 Å². The molecule has 3 aliphatic rings. The number of hydrogen-bond donors (Lipinski definition) is 0. The van der Waals surface area contributed by atoms with E-state index in [4.69, 9.17) is 9.47 Å². The van der Waals surface area contributed by atoms with Gasteiger partial charge in [-0.05, 0) is 133 Å². The van der Waals surface area contributed by atoms with Crippen LogP contribution in [0.4, 0.5) is 17.1 Å². The molecule has 1 aliphatic heterocycles. The molecule has 3 heteroatoms. The van der Waals surface area contributed by atoms with Crippen molar-refractivity contribution in [1.29, 1.82) is 0 Å².